The molecule has 0 aromatic carbocycles. The highest BCUT2D eigenvalue weighted by molar-refractivity contribution is 5.41. The van der Waals surface area contributed by atoms with Crippen molar-refractivity contribution in [3.63, 3.8) is 0 Å². The number of anilines is 2. The van der Waals surface area contributed by atoms with Crippen LogP contribution in [0, 0.1) is 6.92 Å². The molecule has 1 N–H and O–H groups in total. The van der Waals surface area contributed by atoms with Crippen LogP contribution in [0.5, 0.6) is 0 Å². The Morgan fingerprint density at radius 3 is 2.77 bits per heavy atom. The molecule has 0 atom stereocenters. The summed E-state index contributed by atoms with van der Waals surface area (Å²) in [7, 11) is 0. The molecule has 0 amide bonds. The lowest BCUT2D eigenvalue weighted by atomic mass is 10.0. The van der Waals surface area contributed by atoms with E-state index in [1.165, 1.54) is 0 Å². The first-order chi connectivity index (χ1) is 10.7. The molecule has 1 aliphatic rings. The Morgan fingerprint density at radius 1 is 1.27 bits per heavy atom. The molecule has 6 nitrogen and oxygen atoms in total. The average molecular weight is 298 g/mol. The van der Waals surface area contributed by atoms with Gasteiger partial charge in [0.15, 0.2) is 0 Å². The Bertz CT molecular complexity index is 607. The topological polar surface area (TPSA) is 66.8 Å². The molecule has 116 valence electrons. The van der Waals surface area contributed by atoms with E-state index in [-0.39, 0.29) is 0 Å². The van der Waals surface area contributed by atoms with Crippen LogP contribution >= 0.6 is 0 Å². The van der Waals surface area contributed by atoms with Gasteiger partial charge in [-0.05, 0) is 38.3 Å². The second-order valence-corrected chi connectivity index (χ2v) is 5.63. The van der Waals surface area contributed by atoms with Gasteiger partial charge >= 0.3 is 0 Å². The van der Waals surface area contributed by atoms with E-state index in [1.807, 2.05) is 19.1 Å². The maximum absolute atomic E-state index is 4.59. The first-order valence-corrected chi connectivity index (χ1v) is 7.88. The zero-order valence-corrected chi connectivity index (χ0v) is 13.2. The molecule has 0 saturated carbocycles. The van der Waals surface area contributed by atoms with Gasteiger partial charge in [0.25, 0.3) is 0 Å². The van der Waals surface area contributed by atoms with Gasteiger partial charge < -0.3 is 10.2 Å². The summed E-state index contributed by atoms with van der Waals surface area (Å²) in [6.07, 6.45) is 4.78. The normalized spacial score (nSPS) is 15.8. The summed E-state index contributed by atoms with van der Waals surface area (Å²) in [5, 5.41) is 11.4. The molecule has 0 spiro atoms. The van der Waals surface area contributed by atoms with Crippen LogP contribution in [0.2, 0.25) is 0 Å². The molecule has 3 heterocycles. The van der Waals surface area contributed by atoms with Crippen molar-refractivity contribution in [2.45, 2.75) is 39.2 Å². The molecular weight excluding hydrogens is 276 g/mol. The minimum atomic E-state index is 0.446. The Balaban J connectivity index is 1.61. The van der Waals surface area contributed by atoms with Crippen molar-refractivity contribution < 1.29 is 0 Å². The van der Waals surface area contributed by atoms with Gasteiger partial charge in [-0.25, -0.2) is 9.97 Å². The van der Waals surface area contributed by atoms with Crippen molar-refractivity contribution >= 4 is 11.6 Å². The van der Waals surface area contributed by atoms with E-state index in [0.29, 0.717) is 6.04 Å². The third-order valence-corrected chi connectivity index (χ3v) is 3.98. The molecule has 0 bridgehead atoms. The molecule has 6 heteroatoms. The molecule has 1 aliphatic heterocycles. The van der Waals surface area contributed by atoms with Crippen LogP contribution in [0.1, 0.15) is 31.3 Å². The van der Waals surface area contributed by atoms with Crippen LogP contribution in [0.25, 0.3) is 0 Å². The van der Waals surface area contributed by atoms with Crippen LogP contribution < -0.4 is 10.2 Å². The highest BCUT2D eigenvalue weighted by Gasteiger charge is 2.21. The van der Waals surface area contributed by atoms with E-state index in [1.54, 1.807) is 6.20 Å². The van der Waals surface area contributed by atoms with Crippen molar-refractivity contribution in [3.8, 4) is 0 Å². The number of nitrogens with one attached hydrogen (secondary N) is 1. The van der Waals surface area contributed by atoms with E-state index in [9.17, 15) is 0 Å². The lowest BCUT2D eigenvalue weighted by Gasteiger charge is -2.33. The van der Waals surface area contributed by atoms with Crippen molar-refractivity contribution in [1.29, 1.82) is 0 Å². The summed E-state index contributed by atoms with van der Waals surface area (Å²) in [4.78, 5) is 11.4. The molecule has 0 unspecified atom stereocenters. The zero-order valence-electron chi connectivity index (χ0n) is 13.2. The standard InChI is InChI=1S/C16H22N6/c1-3-13-11-16(19-12(2)18-13)22-9-6-14(7-10-22)20-15-5-4-8-17-21-15/h4-5,8,11,14H,3,6-7,9-10H2,1-2H3,(H,20,21). The molecular formula is C16H22N6. The predicted octanol–water partition coefficient (Wildman–Crippen LogP) is 2.22. The highest BCUT2D eigenvalue weighted by Crippen LogP contribution is 2.20. The first-order valence-electron chi connectivity index (χ1n) is 7.88. The highest BCUT2D eigenvalue weighted by atomic mass is 15.2. The third kappa shape index (κ3) is 3.50. The van der Waals surface area contributed by atoms with Crippen LogP contribution in [0.15, 0.2) is 24.4 Å². The molecule has 0 radical (unpaired) electrons. The minimum absolute atomic E-state index is 0.446. The van der Waals surface area contributed by atoms with Crippen LogP contribution in [-0.4, -0.2) is 39.3 Å². The van der Waals surface area contributed by atoms with Gasteiger partial charge in [-0.1, -0.05) is 6.92 Å². The maximum atomic E-state index is 4.59. The SMILES string of the molecule is CCc1cc(N2CCC(Nc3cccnn3)CC2)nc(C)n1. The van der Waals surface area contributed by atoms with Gasteiger partial charge in [-0.2, -0.15) is 5.10 Å². The van der Waals surface area contributed by atoms with Gasteiger partial charge in [0.1, 0.15) is 17.5 Å². The molecule has 2 aromatic rings. The summed E-state index contributed by atoms with van der Waals surface area (Å²) in [6, 6.07) is 6.42. The number of aromatic nitrogens is 4. The lowest BCUT2D eigenvalue weighted by Crippen LogP contribution is -2.39. The number of hydrogen-bond donors (Lipinski definition) is 1. The fourth-order valence-electron chi connectivity index (χ4n) is 2.80. The van der Waals surface area contributed by atoms with Crippen LogP contribution in [0.3, 0.4) is 0 Å². The molecule has 2 aromatic heterocycles. The number of hydrogen-bond acceptors (Lipinski definition) is 6. The molecule has 22 heavy (non-hydrogen) atoms. The van der Waals surface area contributed by atoms with Crippen molar-refractivity contribution in [2.24, 2.45) is 0 Å². The Kier molecular flexibility index (Phi) is 4.46. The summed E-state index contributed by atoms with van der Waals surface area (Å²) < 4.78 is 0. The number of piperidine rings is 1. The van der Waals surface area contributed by atoms with Crippen LogP contribution in [-0.2, 0) is 6.42 Å². The van der Waals surface area contributed by atoms with Crippen molar-refractivity contribution in [1.82, 2.24) is 20.2 Å². The largest absolute Gasteiger partial charge is 0.366 e. The third-order valence-electron chi connectivity index (χ3n) is 3.98. The Labute approximate surface area is 131 Å². The first kappa shape index (κ1) is 14.7. The molecule has 3 rings (SSSR count). The van der Waals surface area contributed by atoms with E-state index in [4.69, 9.17) is 0 Å². The van der Waals surface area contributed by atoms with Crippen LogP contribution in [0.4, 0.5) is 11.6 Å². The summed E-state index contributed by atoms with van der Waals surface area (Å²) in [5.74, 6) is 2.77. The zero-order chi connectivity index (χ0) is 15.4. The summed E-state index contributed by atoms with van der Waals surface area (Å²) >= 11 is 0. The van der Waals surface area contributed by atoms with E-state index >= 15 is 0 Å². The minimum Gasteiger partial charge on any atom is -0.366 e. The monoisotopic (exact) mass is 298 g/mol. The van der Waals surface area contributed by atoms with Gasteiger partial charge in [-0.3, -0.25) is 0 Å². The van der Waals surface area contributed by atoms with Gasteiger partial charge in [0, 0.05) is 37.1 Å². The molecule has 0 aliphatic carbocycles. The van der Waals surface area contributed by atoms with Gasteiger partial charge in [0.2, 0.25) is 0 Å². The second-order valence-electron chi connectivity index (χ2n) is 5.63. The smallest absolute Gasteiger partial charge is 0.148 e. The molecule has 1 fully saturated rings. The van der Waals surface area contributed by atoms with Gasteiger partial charge in [0.05, 0.1) is 0 Å². The number of rotatable bonds is 4. The maximum Gasteiger partial charge on any atom is 0.148 e. The summed E-state index contributed by atoms with van der Waals surface area (Å²) in [5.41, 5.74) is 1.11. The number of aryl methyl sites for hydroxylation is 2. The van der Waals surface area contributed by atoms with E-state index in [2.05, 4.69) is 43.4 Å². The average Bonchev–Trinajstić information content (AvgIpc) is 2.56. The molecule has 1 saturated heterocycles. The fourth-order valence-corrected chi connectivity index (χ4v) is 2.80. The van der Waals surface area contributed by atoms with Gasteiger partial charge in [-0.15, -0.1) is 5.10 Å². The Hall–Kier alpha value is -2.24. The Morgan fingerprint density at radius 2 is 2.09 bits per heavy atom. The summed E-state index contributed by atoms with van der Waals surface area (Å²) in [6.45, 7) is 6.09. The van der Waals surface area contributed by atoms with Crippen molar-refractivity contribution in [2.75, 3.05) is 23.3 Å². The van der Waals surface area contributed by atoms with Crippen molar-refractivity contribution in [3.05, 3.63) is 35.9 Å². The fraction of sp³-hybridized carbons (Fsp3) is 0.500. The number of nitrogens with zero attached hydrogens (tertiary/aromatic N) is 5. The quantitative estimate of drug-likeness (QED) is 0.933. The second kappa shape index (κ2) is 6.68. The predicted molar refractivity (Wildman–Crippen MR) is 87.0 cm³/mol. The lowest BCUT2D eigenvalue weighted by molar-refractivity contribution is 0.521. The van der Waals surface area contributed by atoms with E-state index in [0.717, 1.165) is 55.5 Å². The van der Waals surface area contributed by atoms with E-state index < -0.39 is 0 Å².